The zero-order chi connectivity index (χ0) is 24.9. The van der Waals surface area contributed by atoms with E-state index in [2.05, 4.69) is 5.32 Å². The number of amides is 3. The highest BCUT2D eigenvalue weighted by molar-refractivity contribution is 5.82. The van der Waals surface area contributed by atoms with E-state index >= 15 is 0 Å². The summed E-state index contributed by atoms with van der Waals surface area (Å²) in [5.41, 5.74) is -0.501. The zero-order valence-electron chi connectivity index (χ0n) is 20.9. The van der Waals surface area contributed by atoms with Crippen molar-refractivity contribution in [3.8, 4) is 0 Å². The van der Waals surface area contributed by atoms with Crippen LogP contribution in [0.1, 0.15) is 72.1 Å². The number of hydrogen-bond acceptors (Lipinski definition) is 5. The van der Waals surface area contributed by atoms with Gasteiger partial charge in [-0.05, 0) is 77.6 Å². The third-order valence-corrected chi connectivity index (χ3v) is 7.18. The van der Waals surface area contributed by atoms with Crippen LogP contribution in [0.25, 0.3) is 0 Å². The summed E-state index contributed by atoms with van der Waals surface area (Å²) >= 11 is 0. The molecule has 2 aliphatic heterocycles. The molecule has 0 spiro atoms. The second-order valence-corrected chi connectivity index (χ2v) is 11.2. The molecule has 0 aromatic carbocycles. The zero-order valence-corrected chi connectivity index (χ0v) is 20.9. The molecule has 2 N–H and O–H groups in total. The maximum Gasteiger partial charge on any atom is 0.410 e. The summed E-state index contributed by atoms with van der Waals surface area (Å²) < 4.78 is 5.44. The van der Waals surface area contributed by atoms with Crippen molar-refractivity contribution < 1.29 is 29.0 Å². The Balaban J connectivity index is 1.37. The number of hydrogen-bond donors (Lipinski definition) is 2. The quantitative estimate of drug-likeness (QED) is 0.553. The van der Waals surface area contributed by atoms with Crippen molar-refractivity contribution >= 4 is 23.9 Å². The van der Waals surface area contributed by atoms with Gasteiger partial charge >= 0.3 is 12.1 Å². The Morgan fingerprint density at radius 2 is 1.68 bits per heavy atom. The van der Waals surface area contributed by atoms with E-state index in [9.17, 15) is 24.3 Å². The van der Waals surface area contributed by atoms with Gasteiger partial charge in [0.05, 0.1) is 11.8 Å². The van der Waals surface area contributed by atoms with Gasteiger partial charge in [-0.15, -0.1) is 0 Å². The van der Waals surface area contributed by atoms with Gasteiger partial charge in [0.15, 0.2) is 0 Å². The van der Waals surface area contributed by atoms with Crippen molar-refractivity contribution in [3.63, 3.8) is 0 Å². The summed E-state index contributed by atoms with van der Waals surface area (Å²) in [6.07, 6.45) is 6.03. The number of ether oxygens (including phenoxy) is 1. The fourth-order valence-corrected chi connectivity index (χ4v) is 4.94. The molecule has 1 aliphatic carbocycles. The van der Waals surface area contributed by atoms with Crippen molar-refractivity contribution in [2.75, 3.05) is 32.7 Å². The first-order valence-electron chi connectivity index (χ1n) is 12.8. The molecule has 2 atom stereocenters. The lowest BCUT2D eigenvalue weighted by Gasteiger charge is -2.34. The number of likely N-dealkylation sites (tertiary alicyclic amines) is 2. The first kappa shape index (κ1) is 26.3. The molecule has 9 heteroatoms. The van der Waals surface area contributed by atoms with Gasteiger partial charge in [-0.3, -0.25) is 14.4 Å². The minimum Gasteiger partial charge on any atom is -0.481 e. The van der Waals surface area contributed by atoms with Crippen LogP contribution < -0.4 is 5.32 Å². The summed E-state index contributed by atoms with van der Waals surface area (Å²) in [6, 6.07) is 0. The van der Waals surface area contributed by atoms with Crippen LogP contribution in [-0.2, 0) is 19.1 Å². The van der Waals surface area contributed by atoms with Crippen LogP contribution in [0.2, 0.25) is 0 Å². The minimum atomic E-state index is -0.847. The average Bonchev–Trinajstić information content (AvgIpc) is 3.61. The first-order chi connectivity index (χ1) is 16.0. The van der Waals surface area contributed by atoms with E-state index < -0.39 is 17.5 Å². The molecular formula is C25H41N3O6. The molecule has 9 nitrogen and oxygen atoms in total. The van der Waals surface area contributed by atoms with E-state index in [0.29, 0.717) is 38.5 Å². The fourth-order valence-electron chi connectivity index (χ4n) is 4.94. The maximum atomic E-state index is 12.8. The third-order valence-electron chi connectivity index (χ3n) is 7.18. The van der Waals surface area contributed by atoms with Gasteiger partial charge in [0.1, 0.15) is 5.60 Å². The number of rotatable bonds is 8. The Morgan fingerprint density at radius 1 is 1.00 bits per heavy atom. The number of aliphatic carboxylic acids is 1. The number of carboxylic acids is 1. The Morgan fingerprint density at radius 3 is 2.26 bits per heavy atom. The van der Waals surface area contributed by atoms with Gasteiger partial charge < -0.3 is 25.0 Å². The van der Waals surface area contributed by atoms with Gasteiger partial charge in [0, 0.05) is 39.1 Å². The van der Waals surface area contributed by atoms with Crippen molar-refractivity contribution in [3.05, 3.63) is 0 Å². The summed E-state index contributed by atoms with van der Waals surface area (Å²) in [5, 5.41) is 12.2. The van der Waals surface area contributed by atoms with E-state index in [1.807, 2.05) is 20.8 Å². The third kappa shape index (κ3) is 7.87. The maximum absolute atomic E-state index is 12.8. The topological polar surface area (TPSA) is 116 Å². The standard InChI is InChI=1S/C25H41N3O6/c1-25(2,3)34-24(33)27-13-10-17(11-14-27)6-9-21(29)28-12-4-5-19(16-28)22(30)26-15-20(23(31)32)18-7-8-18/h17-20H,4-16H2,1-3H3,(H,26,30)(H,31,32)/t19-,20?/m1/s1. The highest BCUT2D eigenvalue weighted by Crippen LogP contribution is 2.36. The highest BCUT2D eigenvalue weighted by Gasteiger charge is 2.37. The second-order valence-electron chi connectivity index (χ2n) is 11.2. The molecule has 0 aromatic heterocycles. The predicted molar refractivity (Wildman–Crippen MR) is 126 cm³/mol. The summed E-state index contributed by atoms with van der Waals surface area (Å²) in [4.78, 5) is 52.6. The molecule has 3 amide bonds. The monoisotopic (exact) mass is 479 g/mol. The van der Waals surface area contributed by atoms with Crippen LogP contribution in [0.15, 0.2) is 0 Å². The van der Waals surface area contributed by atoms with Crippen LogP contribution in [0.5, 0.6) is 0 Å². The van der Waals surface area contributed by atoms with Gasteiger partial charge in [0.2, 0.25) is 11.8 Å². The Bertz CT molecular complexity index is 752. The number of piperidine rings is 2. The van der Waals surface area contributed by atoms with Crippen molar-refractivity contribution in [2.45, 2.75) is 77.7 Å². The molecule has 3 rings (SSSR count). The Labute approximate surface area is 202 Å². The van der Waals surface area contributed by atoms with E-state index in [4.69, 9.17) is 4.74 Å². The summed E-state index contributed by atoms with van der Waals surface area (Å²) in [5.74, 6) is -1.11. The van der Waals surface area contributed by atoms with Crippen LogP contribution >= 0.6 is 0 Å². The van der Waals surface area contributed by atoms with Gasteiger partial charge in [-0.25, -0.2) is 4.79 Å². The van der Waals surface area contributed by atoms with Crippen LogP contribution in [0.4, 0.5) is 4.79 Å². The fraction of sp³-hybridized carbons (Fsp3) is 0.840. The smallest absolute Gasteiger partial charge is 0.410 e. The van der Waals surface area contributed by atoms with E-state index in [-0.39, 0.29) is 36.3 Å². The van der Waals surface area contributed by atoms with Crippen molar-refractivity contribution in [2.24, 2.45) is 23.7 Å². The number of nitrogens with zero attached hydrogens (tertiary/aromatic N) is 2. The molecule has 34 heavy (non-hydrogen) atoms. The minimum absolute atomic E-state index is 0.0773. The molecule has 1 saturated carbocycles. The lowest BCUT2D eigenvalue weighted by molar-refractivity contribution is -0.142. The Hall–Kier alpha value is -2.32. The molecule has 3 fully saturated rings. The SMILES string of the molecule is CC(C)(C)OC(=O)N1CCC(CCC(=O)N2CCC[C@@H](C(=O)NCC(C(=O)O)C3CC3)C2)CC1. The lowest BCUT2D eigenvalue weighted by Crippen LogP contribution is -2.47. The lowest BCUT2D eigenvalue weighted by atomic mass is 9.91. The number of carbonyl (C=O) groups is 4. The molecule has 2 heterocycles. The van der Waals surface area contributed by atoms with Gasteiger partial charge in [0.25, 0.3) is 0 Å². The second kappa shape index (κ2) is 11.4. The van der Waals surface area contributed by atoms with Crippen LogP contribution in [-0.4, -0.2) is 77.1 Å². The molecule has 0 aromatic rings. The molecule has 2 saturated heterocycles. The normalized spacial score (nSPS) is 22.7. The van der Waals surface area contributed by atoms with Gasteiger partial charge in [-0.1, -0.05) is 0 Å². The van der Waals surface area contributed by atoms with E-state index in [0.717, 1.165) is 44.9 Å². The van der Waals surface area contributed by atoms with E-state index in [1.165, 1.54) is 0 Å². The van der Waals surface area contributed by atoms with Crippen molar-refractivity contribution in [1.82, 2.24) is 15.1 Å². The molecule has 3 aliphatic rings. The molecular weight excluding hydrogens is 438 g/mol. The van der Waals surface area contributed by atoms with Crippen LogP contribution in [0, 0.1) is 23.7 Å². The number of carbonyl (C=O) groups excluding carboxylic acids is 3. The van der Waals surface area contributed by atoms with Gasteiger partial charge in [-0.2, -0.15) is 0 Å². The van der Waals surface area contributed by atoms with Crippen molar-refractivity contribution in [1.29, 1.82) is 0 Å². The number of carboxylic acid groups (broad SMARTS) is 1. The number of nitrogens with one attached hydrogen (secondary N) is 1. The predicted octanol–water partition coefficient (Wildman–Crippen LogP) is 2.88. The largest absolute Gasteiger partial charge is 0.481 e. The Kier molecular flexibility index (Phi) is 8.82. The first-order valence-corrected chi connectivity index (χ1v) is 12.8. The molecule has 192 valence electrons. The molecule has 0 radical (unpaired) electrons. The molecule has 1 unspecified atom stereocenters. The summed E-state index contributed by atoms with van der Waals surface area (Å²) in [6.45, 7) is 8.13. The van der Waals surface area contributed by atoms with Crippen LogP contribution in [0.3, 0.4) is 0 Å². The van der Waals surface area contributed by atoms with E-state index in [1.54, 1.807) is 9.80 Å². The summed E-state index contributed by atoms with van der Waals surface area (Å²) in [7, 11) is 0. The molecule has 0 bridgehead atoms. The average molecular weight is 480 g/mol. The highest BCUT2D eigenvalue weighted by atomic mass is 16.6.